The van der Waals surface area contributed by atoms with E-state index in [2.05, 4.69) is 14.9 Å². The van der Waals surface area contributed by atoms with E-state index in [9.17, 15) is 13.4 Å². The van der Waals surface area contributed by atoms with Gasteiger partial charge in [0.15, 0.2) is 0 Å². The van der Waals surface area contributed by atoms with Crippen molar-refractivity contribution in [3.8, 4) is 11.1 Å². The molecule has 1 aliphatic heterocycles. The van der Waals surface area contributed by atoms with Crippen LogP contribution in [0.3, 0.4) is 0 Å². The molecule has 0 bridgehead atoms. The average Bonchev–Trinajstić information content (AvgIpc) is 3.00. The summed E-state index contributed by atoms with van der Waals surface area (Å²) < 4.78 is 28.5. The smallest absolute Gasteiger partial charge is 0.320 e. The Balaban J connectivity index is 1.93. The van der Waals surface area contributed by atoms with Crippen LogP contribution < -0.4 is 20.2 Å². The Morgan fingerprint density at radius 2 is 2.07 bits per heavy atom. The van der Waals surface area contributed by atoms with Crippen LogP contribution in [-0.2, 0) is 10.2 Å². The molecule has 1 saturated heterocycles. The highest BCUT2D eigenvalue weighted by Gasteiger charge is 2.30. The van der Waals surface area contributed by atoms with Crippen LogP contribution in [0.4, 0.5) is 11.4 Å². The molecular weight excluding hydrogens is 365 g/mol. The van der Waals surface area contributed by atoms with Gasteiger partial charge in [-0.05, 0) is 29.2 Å². The lowest BCUT2D eigenvalue weighted by Gasteiger charge is -2.21. The second-order valence-electron chi connectivity index (χ2n) is 6.46. The predicted molar refractivity (Wildman–Crippen MR) is 107 cm³/mol. The molecule has 0 atom stereocenters. The van der Waals surface area contributed by atoms with Crippen molar-refractivity contribution in [1.82, 2.24) is 14.9 Å². The van der Waals surface area contributed by atoms with Gasteiger partial charge in [0.2, 0.25) is 0 Å². The summed E-state index contributed by atoms with van der Waals surface area (Å²) in [5.74, 6) is 0. The molecule has 1 aromatic heterocycles. The van der Waals surface area contributed by atoms with Crippen LogP contribution in [0, 0.1) is 0 Å². The predicted octanol–water partition coefficient (Wildman–Crippen LogP) is 0.354. The Morgan fingerprint density at radius 3 is 2.78 bits per heavy atom. The number of nitrogens with zero attached hydrogens (tertiary/aromatic N) is 3. The maximum absolute atomic E-state index is 12.3. The standard InChI is InChI=1S/C17H18BN5O3S/c1-18(24)12-3-5-17(23-7-6-21-27(23,25)26)14(9-12)11-2-4-13-15(19)10-20-22-16(13)8-11/h2-5,8-10,21,24H,6-7H2,1H3,(H2,19,22). The fraction of sp³-hybridized carbons (Fsp3) is 0.176. The zero-order valence-corrected chi connectivity index (χ0v) is 15.4. The third-order valence-electron chi connectivity index (χ3n) is 4.64. The van der Waals surface area contributed by atoms with E-state index in [1.807, 2.05) is 18.2 Å². The lowest BCUT2D eigenvalue weighted by atomic mass is 9.64. The summed E-state index contributed by atoms with van der Waals surface area (Å²) in [7, 11) is -3.58. The zero-order valence-electron chi connectivity index (χ0n) is 14.6. The van der Waals surface area contributed by atoms with Crippen LogP contribution in [0.1, 0.15) is 0 Å². The molecule has 0 unspecified atom stereocenters. The van der Waals surface area contributed by atoms with Gasteiger partial charge in [0.25, 0.3) is 0 Å². The highest BCUT2D eigenvalue weighted by Crippen LogP contribution is 2.34. The van der Waals surface area contributed by atoms with Gasteiger partial charge in [-0.15, -0.1) is 0 Å². The summed E-state index contributed by atoms with van der Waals surface area (Å²) in [4.78, 5) is 0. The number of nitrogens with two attached hydrogens (primary N) is 1. The van der Waals surface area contributed by atoms with Crippen LogP contribution in [0.2, 0.25) is 6.82 Å². The molecule has 3 aromatic rings. The van der Waals surface area contributed by atoms with Crippen molar-refractivity contribution in [2.45, 2.75) is 6.82 Å². The molecule has 0 aliphatic carbocycles. The van der Waals surface area contributed by atoms with Crippen molar-refractivity contribution in [3.63, 3.8) is 0 Å². The first-order valence-electron chi connectivity index (χ1n) is 8.47. The molecule has 0 spiro atoms. The molecule has 0 saturated carbocycles. The minimum Gasteiger partial charge on any atom is -0.447 e. The number of hydrogen-bond acceptors (Lipinski definition) is 6. The van der Waals surface area contributed by atoms with Gasteiger partial charge >= 0.3 is 17.1 Å². The second kappa shape index (κ2) is 6.48. The highest BCUT2D eigenvalue weighted by molar-refractivity contribution is 7.91. The molecule has 0 radical (unpaired) electrons. The first-order valence-corrected chi connectivity index (χ1v) is 9.91. The molecule has 2 aromatic carbocycles. The summed E-state index contributed by atoms with van der Waals surface area (Å²) in [6.45, 7) is 1.67. The van der Waals surface area contributed by atoms with Crippen LogP contribution in [0.15, 0.2) is 42.6 Å². The summed E-state index contributed by atoms with van der Waals surface area (Å²) in [6, 6.07) is 10.8. The first-order chi connectivity index (χ1) is 12.9. The molecule has 10 heteroatoms. The van der Waals surface area contributed by atoms with Crippen molar-refractivity contribution >= 4 is 44.9 Å². The zero-order chi connectivity index (χ0) is 19.2. The van der Waals surface area contributed by atoms with Crippen LogP contribution in [0.5, 0.6) is 0 Å². The third kappa shape index (κ3) is 3.11. The van der Waals surface area contributed by atoms with Crippen LogP contribution in [0.25, 0.3) is 22.0 Å². The summed E-state index contributed by atoms with van der Waals surface area (Å²) in [5.41, 5.74) is 9.77. The van der Waals surface area contributed by atoms with Gasteiger partial charge in [0.05, 0.1) is 23.1 Å². The van der Waals surface area contributed by atoms with Crippen LogP contribution >= 0.6 is 0 Å². The Hall–Kier alpha value is -2.69. The second-order valence-corrected chi connectivity index (χ2v) is 8.14. The van der Waals surface area contributed by atoms with Crippen molar-refractivity contribution in [2.75, 3.05) is 23.1 Å². The number of nitrogens with one attached hydrogen (secondary N) is 1. The number of hydrogen-bond donors (Lipinski definition) is 3. The summed E-state index contributed by atoms with van der Waals surface area (Å²) in [6.07, 6.45) is 1.49. The molecule has 4 rings (SSSR count). The molecule has 1 aliphatic rings. The largest absolute Gasteiger partial charge is 0.447 e. The number of aromatic nitrogens is 2. The molecule has 1 fully saturated rings. The van der Waals surface area contributed by atoms with E-state index in [0.29, 0.717) is 41.0 Å². The number of benzene rings is 2. The van der Waals surface area contributed by atoms with Gasteiger partial charge in [-0.25, -0.2) is 0 Å². The molecule has 0 amide bonds. The summed E-state index contributed by atoms with van der Waals surface area (Å²) in [5, 5.41) is 18.8. The lowest BCUT2D eigenvalue weighted by Crippen LogP contribution is -2.31. The molecule has 138 valence electrons. The average molecular weight is 383 g/mol. The van der Waals surface area contributed by atoms with Crippen molar-refractivity contribution in [2.24, 2.45) is 0 Å². The van der Waals surface area contributed by atoms with E-state index in [0.717, 1.165) is 10.9 Å². The van der Waals surface area contributed by atoms with Gasteiger partial charge in [-0.2, -0.15) is 23.3 Å². The van der Waals surface area contributed by atoms with Gasteiger partial charge in [-0.1, -0.05) is 25.0 Å². The number of anilines is 2. The molecule has 8 nitrogen and oxygen atoms in total. The van der Waals surface area contributed by atoms with Gasteiger partial charge in [0, 0.05) is 24.0 Å². The molecular formula is C17H18BN5O3S. The quantitative estimate of drug-likeness (QED) is 0.562. The Kier molecular flexibility index (Phi) is 4.25. The van der Waals surface area contributed by atoms with E-state index >= 15 is 0 Å². The monoisotopic (exact) mass is 383 g/mol. The van der Waals surface area contributed by atoms with Gasteiger partial charge < -0.3 is 10.8 Å². The normalized spacial score (nSPS) is 16.0. The Bertz CT molecular complexity index is 1140. The van der Waals surface area contributed by atoms with Gasteiger partial charge in [-0.3, -0.25) is 4.31 Å². The van der Waals surface area contributed by atoms with Crippen molar-refractivity contribution in [1.29, 1.82) is 0 Å². The lowest BCUT2D eigenvalue weighted by molar-refractivity contribution is 0.591. The van der Waals surface area contributed by atoms with E-state index < -0.39 is 17.1 Å². The maximum atomic E-state index is 12.3. The first kappa shape index (κ1) is 17.7. The Labute approximate surface area is 157 Å². The Morgan fingerprint density at radius 1 is 1.26 bits per heavy atom. The van der Waals surface area contributed by atoms with E-state index in [1.54, 1.807) is 25.0 Å². The van der Waals surface area contributed by atoms with E-state index in [1.165, 1.54) is 10.5 Å². The molecule has 2 heterocycles. The molecule has 4 N–H and O–H groups in total. The van der Waals surface area contributed by atoms with Crippen molar-refractivity contribution < 1.29 is 13.4 Å². The topological polar surface area (TPSA) is 121 Å². The minimum atomic E-state index is -3.58. The molecule has 27 heavy (non-hydrogen) atoms. The maximum Gasteiger partial charge on any atom is 0.320 e. The fourth-order valence-electron chi connectivity index (χ4n) is 3.24. The number of fused-ring (bicyclic) bond motifs is 1. The third-order valence-corrected chi connectivity index (χ3v) is 6.17. The minimum absolute atomic E-state index is 0.337. The highest BCUT2D eigenvalue weighted by atomic mass is 32.2. The van der Waals surface area contributed by atoms with E-state index in [-0.39, 0.29) is 0 Å². The number of rotatable bonds is 3. The summed E-state index contributed by atoms with van der Waals surface area (Å²) >= 11 is 0. The number of nitrogen functional groups attached to an aromatic ring is 1. The van der Waals surface area contributed by atoms with Crippen molar-refractivity contribution in [3.05, 3.63) is 42.6 Å². The van der Waals surface area contributed by atoms with Crippen LogP contribution in [-0.4, -0.2) is 43.6 Å². The van der Waals surface area contributed by atoms with E-state index in [4.69, 9.17) is 5.73 Å². The van der Waals surface area contributed by atoms with Gasteiger partial charge in [0.1, 0.15) is 0 Å². The fourth-order valence-corrected chi connectivity index (χ4v) is 4.49. The SMILES string of the molecule is CB(O)c1ccc(N2CCNS2(=O)=O)c(-c2ccc3c(N)cnnc3c2)c1.